The first-order valence-corrected chi connectivity index (χ1v) is 5.39. The Bertz CT molecular complexity index is 326. The molecule has 2 fully saturated rings. The molecular weight excluding hydrogens is 178 g/mol. The van der Waals surface area contributed by atoms with Gasteiger partial charge < -0.3 is 10.2 Å². The number of nitrogens with two attached hydrogens (primary N) is 1. The third-order valence-electron chi connectivity index (χ3n) is 3.43. The monoisotopic (exact) mass is 193 g/mol. The van der Waals surface area contributed by atoms with Crippen LogP contribution < -0.4 is 5.73 Å². The van der Waals surface area contributed by atoms with Gasteiger partial charge in [0.2, 0.25) is 11.8 Å². The molecule has 2 aliphatic rings. The van der Waals surface area contributed by atoms with Crippen molar-refractivity contribution in [1.82, 2.24) is 10.2 Å². The number of hydrogen-bond donors (Lipinski definition) is 1. The lowest BCUT2D eigenvalue weighted by atomic mass is 10.0. The van der Waals surface area contributed by atoms with E-state index in [0.717, 1.165) is 17.7 Å². The molecule has 3 rings (SSSR count). The zero-order valence-corrected chi connectivity index (χ0v) is 8.15. The van der Waals surface area contributed by atoms with Crippen LogP contribution in [0, 0.1) is 11.8 Å². The van der Waals surface area contributed by atoms with E-state index >= 15 is 0 Å². The predicted octanol–water partition coefficient (Wildman–Crippen LogP) is 1.08. The molecule has 4 nitrogen and oxygen atoms in total. The van der Waals surface area contributed by atoms with Crippen molar-refractivity contribution in [2.24, 2.45) is 17.6 Å². The van der Waals surface area contributed by atoms with Crippen LogP contribution in [0.5, 0.6) is 0 Å². The summed E-state index contributed by atoms with van der Waals surface area (Å²) in [5, 5.41) is 8.09. The van der Waals surface area contributed by atoms with E-state index in [1.54, 1.807) is 0 Å². The molecule has 4 heteroatoms. The molecule has 2 aliphatic carbocycles. The van der Waals surface area contributed by atoms with E-state index in [0.29, 0.717) is 24.8 Å². The van der Waals surface area contributed by atoms with Gasteiger partial charge in [-0.05, 0) is 31.1 Å². The maximum atomic E-state index is 5.57. The summed E-state index contributed by atoms with van der Waals surface area (Å²) < 4.78 is 5.57. The van der Waals surface area contributed by atoms with Crippen molar-refractivity contribution < 1.29 is 4.42 Å². The Kier molecular flexibility index (Phi) is 1.83. The molecule has 0 aromatic carbocycles. The molecule has 0 amide bonds. The van der Waals surface area contributed by atoms with Crippen LogP contribution in [0.4, 0.5) is 0 Å². The Balaban J connectivity index is 1.70. The van der Waals surface area contributed by atoms with Crippen molar-refractivity contribution >= 4 is 0 Å². The summed E-state index contributed by atoms with van der Waals surface area (Å²) in [5.41, 5.74) is 5.42. The zero-order valence-electron chi connectivity index (χ0n) is 8.15. The van der Waals surface area contributed by atoms with Gasteiger partial charge in [0.1, 0.15) is 0 Å². The second-order valence-electron chi connectivity index (χ2n) is 4.50. The van der Waals surface area contributed by atoms with Gasteiger partial charge in [-0.1, -0.05) is 0 Å². The normalized spacial score (nSPS) is 34.5. The molecule has 0 spiro atoms. The van der Waals surface area contributed by atoms with Crippen LogP contribution in [-0.4, -0.2) is 16.7 Å². The average Bonchev–Trinajstić information content (AvgIpc) is 2.68. The fourth-order valence-corrected chi connectivity index (χ4v) is 2.57. The Morgan fingerprint density at radius 3 is 2.71 bits per heavy atom. The minimum absolute atomic E-state index is 0.540. The van der Waals surface area contributed by atoms with E-state index < -0.39 is 0 Å². The van der Waals surface area contributed by atoms with Crippen LogP contribution in [0.25, 0.3) is 0 Å². The summed E-state index contributed by atoms with van der Waals surface area (Å²) >= 11 is 0. The molecule has 1 aromatic heterocycles. The molecule has 2 N–H and O–H groups in total. The summed E-state index contributed by atoms with van der Waals surface area (Å²) in [6.07, 6.45) is 4.65. The third-order valence-corrected chi connectivity index (χ3v) is 3.43. The minimum Gasteiger partial charge on any atom is -0.425 e. The second kappa shape index (κ2) is 3.05. The lowest BCUT2D eigenvalue weighted by molar-refractivity contribution is 0.404. The SMILES string of the molecule is NCCc1nnc(C2CC3CC3C2)o1. The van der Waals surface area contributed by atoms with Crippen LogP contribution in [0.1, 0.15) is 37.0 Å². The van der Waals surface area contributed by atoms with Crippen molar-refractivity contribution in [1.29, 1.82) is 0 Å². The largest absolute Gasteiger partial charge is 0.425 e. The standard InChI is InChI=1S/C10H15N3O/c11-2-1-9-12-13-10(14-9)8-4-6-3-7(6)5-8/h6-8H,1-5,11H2. The first-order chi connectivity index (χ1) is 6.86. The number of nitrogens with zero attached hydrogens (tertiary/aromatic N) is 2. The number of aromatic nitrogens is 2. The fourth-order valence-electron chi connectivity index (χ4n) is 2.57. The number of rotatable bonds is 3. The third kappa shape index (κ3) is 1.34. The van der Waals surface area contributed by atoms with Crippen LogP contribution in [0.3, 0.4) is 0 Å². The summed E-state index contributed by atoms with van der Waals surface area (Å²) in [4.78, 5) is 0. The molecule has 0 saturated heterocycles. The molecule has 0 radical (unpaired) electrons. The van der Waals surface area contributed by atoms with Gasteiger partial charge in [0, 0.05) is 18.9 Å². The van der Waals surface area contributed by atoms with Gasteiger partial charge >= 0.3 is 0 Å². The molecule has 2 saturated carbocycles. The Morgan fingerprint density at radius 1 is 1.21 bits per heavy atom. The van der Waals surface area contributed by atoms with Gasteiger partial charge in [-0.2, -0.15) is 0 Å². The molecule has 1 heterocycles. The van der Waals surface area contributed by atoms with Crippen molar-refractivity contribution in [2.75, 3.05) is 6.54 Å². The van der Waals surface area contributed by atoms with Crippen LogP contribution in [0.2, 0.25) is 0 Å². The smallest absolute Gasteiger partial charge is 0.219 e. The molecular formula is C10H15N3O. The van der Waals surface area contributed by atoms with E-state index in [2.05, 4.69) is 10.2 Å². The number of hydrogen-bond acceptors (Lipinski definition) is 4. The maximum absolute atomic E-state index is 5.57. The second-order valence-corrected chi connectivity index (χ2v) is 4.50. The van der Waals surface area contributed by atoms with Gasteiger partial charge in [-0.15, -0.1) is 10.2 Å². The summed E-state index contributed by atoms with van der Waals surface area (Å²) in [5.74, 6) is 4.01. The molecule has 2 unspecified atom stereocenters. The van der Waals surface area contributed by atoms with E-state index in [1.165, 1.54) is 19.3 Å². The highest BCUT2D eigenvalue weighted by atomic mass is 16.4. The highest BCUT2D eigenvalue weighted by Gasteiger charge is 2.47. The molecule has 0 bridgehead atoms. The van der Waals surface area contributed by atoms with Crippen molar-refractivity contribution in [3.63, 3.8) is 0 Å². The van der Waals surface area contributed by atoms with Crippen LogP contribution in [-0.2, 0) is 6.42 Å². The van der Waals surface area contributed by atoms with Crippen molar-refractivity contribution in [3.8, 4) is 0 Å². The zero-order chi connectivity index (χ0) is 9.54. The topological polar surface area (TPSA) is 64.9 Å². The number of fused-ring (bicyclic) bond motifs is 1. The first kappa shape index (κ1) is 8.41. The van der Waals surface area contributed by atoms with Gasteiger partial charge in [0.05, 0.1) is 0 Å². The molecule has 1 aromatic rings. The first-order valence-electron chi connectivity index (χ1n) is 5.39. The molecule has 76 valence electrons. The van der Waals surface area contributed by atoms with Crippen molar-refractivity contribution in [3.05, 3.63) is 11.8 Å². The van der Waals surface area contributed by atoms with Gasteiger partial charge in [0.15, 0.2) is 0 Å². The highest BCUT2D eigenvalue weighted by Crippen LogP contribution is 2.57. The summed E-state index contributed by atoms with van der Waals surface area (Å²) in [6, 6.07) is 0. The highest BCUT2D eigenvalue weighted by molar-refractivity contribution is 5.06. The Hall–Kier alpha value is -0.900. The Labute approximate surface area is 82.9 Å². The summed E-state index contributed by atoms with van der Waals surface area (Å²) in [6.45, 7) is 0.581. The predicted molar refractivity (Wildman–Crippen MR) is 50.6 cm³/mol. The molecule has 2 atom stereocenters. The van der Waals surface area contributed by atoms with Gasteiger partial charge in [0.25, 0.3) is 0 Å². The van der Waals surface area contributed by atoms with Crippen molar-refractivity contribution in [2.45, 2.75) is 31.6 Å². The van der Waals surface area contributed by atoms with Crippen LogP contribution in [0.15, 0.2) is 4.42 Å². The molecule has 0 aliphatic heterocycles. The molecule has 14 heavy (non-hydrogen) atoms. The van der Waals surface area contributed by atoms with E-state index in [9.17, 15) is 0 Å². The van der Waals surface area contributed by atoms with Gasteiger partial charge in [-0.3, -0.25) is 0 Å². The Morgan fingerprint density at radius 2 is 2.00 bits per heavy atom. The maximum Gasteiger partial charge on any atom is 0.219 e. The quantitative estimate of drug-likeness (QED) is 0.780. The minimum atomic E-state index is 0.540. The van der Waals surface area contributed by atoms with Gasteiger partial charge in [-0.25, -0.2) is 0 Å². The fraction of sp³-hybridized carbons (Fsp3) is 0.800. The average molecular weight is 193 g/mol. The van der Waals surface area contributed by atoms with E-state index in [4.69, 9.17) is 10.2 Å². The van der Waals surface area contributed by atoms with E-state index in [1.807, 2.05) is 0 Å². The summed E-state index contributed by atoms with van der Waals surface area (Å²) in [7, 11) is 0. The lowest BCUT2D eigenvalue weighted by Gasteiger charge is -2.04. The lowest BCUT2D eigenvalue weighted by Crippen LogP contribution is -2.02. The van der Waals surface area contributed by atoms with Crippen LogP contribution >= 0.6 is 0 Å². The van der Waals surface area contributed by atoms with E-state index in [-0.39, 0.29) is 0 Å².